The fourth-order valence-corrected chi connectivity index (χ4v) is 8.28. The van der Waals surface area contributed by atoms with Gasteiger partial charge in [0.1, 0.15) is 5.66 Å². The zero-order chi connectivity index (χ0) is 22.3. The van der Waals surface area contributed by atoms with E-state index in [0.29, 0.717) is 5.92 Å². The minimum absolute atomic E-state index is 0.0360. The summed E-state index contributed by atoms with van der Waals surface area (Å²) in [6.45, 7) is 1.88. The Morgan fingerprint density at radius 1 is 1.09 bits per heavy atom. The lowest BCUT2D eigenvalue weighted by molar-refractivity contribution is 0.0498. The molecule has 1 aromatic carbocycles. The van der Waals surface area contributed by atoms with Gasteiger partial charge in [0.2, 0.25) is 0 Å². The summed E-state index contributed by atoms with van der Waals surface area (Å²) in [5.41, 5.74) is 9.06. The second-order valence-electron chi connectivity index (χ2n) is 10.6. The lowest BCUT2D eigenvalue weighted by Gasteiger charge is -2.52. The second-order valence-corrected chi connectivity index (χ2v) is 11.6. The zero-order valence-electron chi connectivity index (χ0n) is 19.5. The van der Waals surface area contributed by atoms with Crippen molar-refractivity contribution in [2.45, 2.75) is 68.3 Å². The molecule has 3 aliphatic carbocycles. The lowest BCUT2D eigenvalue weighted by Crippen LogP contribution is -2.53. The molecule has 34 heavy (non-hydrogen) atoms. The maximum atomic E-state index is 5.48. The summed E-state index contributed by atoms with van der Waals surface area (Å²) in [6.07, 6.45) is 18.3. The molecule has 0 radical (unpaired) electrons. The molecule has 0 amide bonds. The maximum Gasteiger partial charge on any atom is 0.168 e. The van der Waals surface area contributed by atoms with Crippen LogP contribution in [-0.4, -0.2) is 40.2 Å². The van der Waals surface area contributed by atoms with E-state index in [1.807, 2.05) is 0 Å². The van der Waals surface area contributed by atoms with Crippen molar-refractivity contribution in [3.8, 4) is 0 Å². The molecule has 0 N–H and O–H groups in total. The molecule has 1 spiro atoms. The van der Waals surface area contributed by atoms with Crippen molar-refractivity contribution in [2.75, 3.05) is 18.0 Å². The summed E-state index contributed by atoms with van der Waals surface area (Å²) >= 11 is 1.78. The van der Waals surface area contributed by atoms with E-state index in [9.17, 15) is 0 Å². The third-order valence-corrected chi connectivity index (χ3v) is 9.81. The Hall–Kier alpha value is -2.60. The molecule has 4 aliphatic heterocycles. The predicted molar refractivity (Wildman–Crippen MR) is 140 cm³/mol. The van der Waals surface area contributed by atoms with Crippen LogP contribution < -0.4 is 4.90 Å². The fraction of sp³-hybridized carbons (Fsp3) is 0.464. The van der Waals surface area contributed by atoms with Crippen LogP contribution >= 0.6 is 11.8 Å². The van der Waals surface area contributed by atoms with Crippen LogP contribution in [0, 0.1) is 5.92 Å². The molecule has 8 rings (SSSR count). The Morgan fingerprint density at radius 2 is 2.06 bits per heavy atom. The van der Waals surface area contributed by atoms with E-state index < -0.39 is 0 Å². The Kier molecular flexibility index (Phi) is 4.17. The highest BCUT2D eigenvalue weighted by Gasteiger charge is 2.55. The predicted octanol–water partition coefficient (Wildman–Crippen LogP) is 6.37. The SMILES string of the molecule is C1=CC2=N[C@]34CCCC[C@H]3CC3=C(CCCC3)N4C2=CC1=Nc1ccc2c(c1)N1CCN=C1S2. The first kappa shape index (κ1) is 19.7. The smallest absolute Gasteiger partial charge is 0.168 e. The van der Waals surface area contributed by atoms with E-state index in [-0.39, 0.29) is 5.66 Å². The first-order valence-electron chi connectivity index (χ1n) is 13.0. The highest BCUT2D eigenvalue weighted by molar-refractivity contribution is 8.14. The fourth-order valence-electron chi connectivity index (χ4n) is 7.22. The van der Waals surface area contributed by atoms with Gasteiger partial charge in [-0.2, -0.15) is 0 Å². The van der Waals surface area contributed by atoms with Gasteiger partial charge >= 0.3 is 0 Å². The third-order valence-electron chi connectivity index (χ3n) is 8.71. The number of hydrogen-bond donors (Lipinski definition) is 0. The minimum Gasteiger partial charge on any atom is -0.318 e. The van der Waals surface area contributed by atoms with Crippen LogP contribution in [0.3, 0.4) is 0 Å². The number of anilines is 1. The number of amidine groups is 1. The summed E-state index contributed by atoms with van der Waals surface area (Å²) < 4.78 is 0. The highest BCUT2D eigenvalue weighted by atomic mass is 32.2. The molecular formula is C28H29N5S. The number of hydrogen-bond acceptors (Lipinski definition) is 6. The van der Waals surface area contributed by atoms with Crippen LogP contribution in [0.15, 0.2) is 73.3 Å². The van der Waals surface area contributed by atoms with Gasteiger partial charge in [-0.25, -0.2) is 4.99 Å². The van der Waals surface area contributed by atoms with Crippen molar-refractivity contribution < 1.29 is 0 Å². The van der Waals surface area contributed by atoms with Crippen LogP contribution in [0.2, 0.25) is 0 Å². The van der Waals surface area contributed by atoms with E-state index in [1.165, 1.54) is 79.8 Å². The van der Waals surface area contributed by atoms with Crippen LogP contribution in [0.5, 0.6) is 0 Å². The van der Waals surface area contributed by atoms with Crippen molar-refractivity contribution in [3.05, 3.63) is 53.4 Å². The largest absolute Gasteiger partial charge is 0.318 e. The highest BCUT2D eigenvalue weighted by Crippen LogP contribution is 2.56. The summed E-state index contributed by atoms with van der Waals surface area (Å²) in [5.74, 6) is 0.663. The Balaban J connectivity index is 1.20. The molecule has 0 saturated heterocycles. The number of fused-ring (bicyclic) bond motifs is 6. The molecular weight excluding hydrogens is 438 g/mol. The molecule has 1 saturated carbocycles. The van der Waals surface area contributed by atoms with E-state index in [1.54, 1.807) is 23.0 Å². The maximum absolute atomic E-state index is 5.48. The van der Waals surface area contributed by atoms with Gasteiger partial charge in [0.05, 0.1) is 35.0 Å². The van der Waals surface area contributed by atoms with Gasteiger partial charge in [0, 0.05) is 23.1 Å². The average molecular weight is 468 g/mol. The van der Waals surface area contributed by atoms with Gasteiger partial charge in [0.25, 0.3) is 0 Å². The molecule has 0 unspecified atom stereocenters. The van der Waals surface area contributed by atoms with Crippen molar-refractivity contribution in [1.82, 2.24) is 4.90 Å². The number of aliphatic imine (C=N–C) groups is 3. The van der Waals surface area contributed by atoms with Crippen LogP contribution in [0.25, 0.3) is 0 Å². The lowest BCUT2D eigenvalue weighted by atomic mass is 9.70. The van der Waals surface area contributed by atoms with Crippen molar-refractivity contribution in [2.24, 2.45) is 20.9 Å². The standard InChI is InChI=1S/C28H29N5S/c1-2-7-23-18(5-1)15-19-6-3-4-12-28(19)31-22-10-8-20(16-24(22)33(23)28)30-21-9-11-26-25(17-21)32-14-13-29-27(32)34-26/h8-11,16-17,19H,1-7,12-15H2/t19-,28-/m0/s1. The molecule has 2 atom stereocenters. The molecule has 5 nitrogen and oxygen atoms in total. The number of thioether (sulfide) groups is 1. The monoisotopic (exact) mass is 467 g/mol. The average Bonchev–Trinajstić information content (AvgIpc) is 3.54. The van der Waals surface area contributed by atoms with Gasteiger partial charge in [-0.3, -0.25) is 9.98 Å². The molecule has 4 heterocycles. The summed E-state index contributed by atoms with van der Waals surface area (Å²) in [5, 5.41) is 1.14. The topological polar surface area (TPSA) is 43.6 Å². The van der Waals surface area contributed by atoms with Gasteiger partial charge in [0.15, 0.2) is 5.17 Å². The van der Waals surface area contributed by atoms with Crippen LogP contribution in [0.1, 0.15) is 57.8 Å². The van der Waals surface area contributed by atoms with E-state index >= 15 is 0 Å². The quantitative estimate of drug-likeness (QED) is 0.451. The number of rotatable bonds is 1. The number of benzene rings is 1. The molecule has 6 heteroatoms. The number of nitrogens with zero attached hydrogens (tertiary/aromatic N) is 5. The minimum atomic E-state index is -0.0360. The Morgan fingerprint density at radius 3 is 3.06 bits per heavy atom. The Bertz CT molecular complexity index is 1300. The molecule has 0 bridgehead atoms. The molecule has 1 fully saturated rings. The summed E-state index contributed by atoms with van der Waals surface area (Å²) in [7, 11) is 0. The zero-order valence-corrected chi connectivity index (χ0v) is 20.3. The van der Waals surface area contributed by atoms with Crippen molar-refractivity contribution in [3.63, 3.8) is 0 Å². The summed E-state index contributed by atoms with van der Waals surface area (Å²) in [6, 6.07) is 6.58. The van der Waals surface area contributed by atoms with Crippen LogP contribution in [-0.2, 0) is 0 Å². The molecule has 7 aliphatic rings. The first-order valence-corrected chi connectivity index (χ1v) is 13.8. The van der Waals surface area contributed by atoms with Crippen LogP contribution in [0.4, 0.5) is 11.4 Å². The Labute approximate surface area is 205 Å². The van der Waals surface area contributed by atoms with Crippen molar-refractivity contribution in [1.29, 1.82) is 0 Å². The molecule has 1 aromatic rings. The normalized spacial score (nSPS) is 31.9. The van der Waals surface area contributed by atoms with E-state index in [4.69, 9.17) is 9.98 Å². The van der Waals surface area contributed by atoms with Gasteiger partial charge in [-0.1, -0.05) is 12.0 Å². The second kappa shape index (κ2) is 7.20. The van der Waals surface area contributed by atoms with E-state index in [2.05, 4.69) is 51.2 Å². The third kappa shape index (κ3) is 2.72. The van der Waals surface area contributed by atoms with Gasteiger partial charge < -0.3 is 9.80 Å². The summed E-state index contributed by atoms with van der Waals surface area (Å²) in [4.78, 5) is 21.5. The molecule has 0 aromatic heterocycles. The molecule has 172 valence electrons. The number of allylic oxidation sites excluding steroid dienone is 5. The van der Waals surface area contributed by atoms with E-state index in [0.717, 1.165) is 29.7 Å². The van der Waals surface area contributed by atoms with Gasteiger partial charge in [-0.05, 0) is 99.6 Å². The first-order chi connectivity index (χ1) is 16.8. The van der Waals surface area contributed by atoms with Crippen molar-refractivity contribution >= 4 is 39.7 Å². The van der Waals surface area contributed by atoms with Gasteiger partial charge in [-0.15, -0.1) is 0 Å².